The number of fused-ring (bicyclic) bond motifs is 1. The van der Waals surface area contributed by atoms with Crippen molar-refractivity contribution >= 4 is 39.4 Å². The third kappa shape index (κ3) is 5.50. The highest BCUT2D eigenvalue weighted by Crippen LogP contribution is 2.34. The van der Waals surface area contributed by atoms with Crippen LogP contribution in [0.15, 0.2) is 83.5 Å². The number of carboxylic acids is 1. The Bertz CT molecular complexity index is 1450. The van der Waals surface area contributed by atoms with E-state index in [0.29, 0.717) is 0 Å². The molecule has 0 unspecified atom stereocenters. The number of aromatic nitrogens is 1. The van der Waals surface area contributed by atoms with Crippen LogP contribution in [0.5, 0.6) is 5.75 Å². The van der Waals surface area contributed by atoms with Crippen molar-refractivity contribution < 1.29 is 37.8 Å². The van der Waals surface area contributed by atoms with Gasteiger partial charge in [0.05, 0.1) is 4.90 Å². The van der Waals surface area contributed by atoms with Gasteiger partial charge in [-0.2, -0.15) is 0 Å². The van der Waals surface area contributed by atoms with E-state index < -0.39 is 33.6 Å². The van der Waals surface area contributed by atoms with Crippen LogP contribution in [0.25, 0.3) is 5.76 Å². The molecular weight excluding hydrogens is 490 g/mol. The van der Waals surface area contributed by atoms with E-state index in [1.807, 2.05) is 0 Å². The highest BCUT2D eigenvalue weighted by atomic mass is 32.2. The van der Waals surface area contributed by atoms with Gasteiger partial charge < -0.3 is 20.3 Å². The third-order valence-electron chi connectivity index (χ3n) is 4.81. The van der Waals surface area contributed by atoms with Gasteiger partial charge in [0.25, 0.3) is 15.9 Å². The van der Waals surface area contributed by atoms with E-state index in [9.17, 15) is 27.9 Å². The molecule has 186 valence electrons. The monoisotopic (exact) mass is 511 g/mol. The molecule has 1 aliphatic heterocycles. The van der Waals surface area contributed by atoms with Crippen molar-refractivity contribution in [3.63, 3.8) is 0 Å². The lowest BCUT2D eigenvalue weighted by atomic mass is 10.1. The molecule has 3 N–H and O–H groups in total. The predicted molar refractivity (Wildman–Crippen MR) is 129 cm³/mol. The number of esters is 1. The molecule has 0 atom stereocenters. The Labute approximate surface area is 206 Å². The quantitative estimate of drug-likeness (QED) is 0.353. The molecule has 36 heavy (non-hydrogen) atoms. The summed E-state index contributed by atoms with van der Waals surface area (Å²) in [6.07, 6.45) is 1.49. The van der Waals surface area contributed by atoms with Crippen LogP contribution in [0, 0.1) is 0 Å². The Morgan fingerprint density at radius 3 is 2.25 bits per heavy atom. The molecule has 4 rings (SSSR count). The van der Waals surface area contributed by atoms with E-state index >= 15 is 0 Å². The van der Waals surface area contributed by atoms with E-state index in [0.717, 1.165) is 4.31 Å². The molecule has 2 aromatic carbocycles. The first kappa shape index (κ1) is 25.9. The first-order valence-electron chi connectivity index (χ1n) is 10.3. The number of aromatic carboxylic acids is 1. The lowest BCUT2D eigenvalue weighted by molar-refractivity contribution is -0.131. The van der Waals surface area contributed by atoms with Crippen LogP contribution in [-0.2, 0) is 19.6 Å². The number of carbonyl (C=O) groups excluding carboxylic acids is 2. The number of pyridine rings is 1. The van der Waals surface area contributed by atoms with Crippen molar-refractivity contribution in [2.24, 2.45) is 0 Å². The highest BCUT2D eigenvalue weighted by molar-refractivity contribution is 7.89. The fourth-order valence-electron chi connectivity index (χ4n) is 3.18. The zero-order valence-corrected chi connectivity index (χ0v) is 19.9. The number of benzene rings is 2. The number of nitrogens with one attached hydrogen (secondary N) is 1. The lowest BCUT2D eigenvalue weighted by Gasteiger charge is -2.28. The maximum atomic E-state index is 12.5. The minimum atomic E-state index is -3.91. The van der Waals surface area contributed by atoms with Crippen molar-refractivity contribution in [1.29, 1.82) is 0 Å². The van der Waals surface area contributed by atoms with Crippen molar-refractivity contribution in [2.75, 3.05) is 12.4 Å². The number of nitrogens with zero attached hydrogens (tertiary/aromatic N) is 2. The summed E-state index contributed by atoms with van der Waals surface area (Å²) in [6.45, 7) is 1.22. The minimum absolute atomic E-state index is 0.0160. The number of aliphatic hydroxyl groups is 1. The van der Waals surface area contributed by atoms with Gasteiger partial charge in [-0.1, -0.05) is 30.3 Å². The summed E-state index contributed by atoms with van der Waals surface area (Å²) >= 11 is 0. The van der Waals surface area contributed by atoms with Crippen molar-refractivity contribution in [3.05, 3.63) is 89.8 Å². The van der Waals surface area contributed by atoms with Crippen LogP contribution in [-0.4, -0.2) is 52.8 Å². The number of carbonyl (C=O) groups is 3. The molecular formula is C24H21N3O8S. The van der Waals surface area contributed by atoms with Crippen molar-refractivity contribution in [3.8, 4) is 5.75 Å². The van der Waals surface area contributed by atoms with Crippen LogP contribution in [0.2, 0.25) is 0 Å². The van der Waals surface area contributed by atoms with E-state index in [-0.39, 0.29) is 33.3 Å². The second-order valence-electron chi connectivity index (χ2n) is 7.23. The zero-order chi connectivity index (χ0) is 26.5. The van der Waals surface area contributed by atoms with E-state index in [2.05, 4.69) is 15.0 Å². The smallest absolute Gasteiger partial charge is 0.339 e. The fourth-order valence-corrected chi connectivity index (χ4v) is 4.58. The predicted octanol–water partition coefficient (Wildman–Crippen LogP) is 2.89. The molecule has 0 saturated carbocycles. The largest absolute Gasteiger partial charge is 0.505 e. The Kier molecular flexibility index (Phi) is 7.70. The van der Waals surface area contributed by atoms with E-state index in [1.54, 1.807) is 42.5 Å². The standard InChI is InChI=1S/C15H13N3O4S.C9H8O4/c1-18-13(15(20)17-12-8-4-5-9-16-12)14(19)10-6-2-3-7-11(10)23(18,21)22;1-6(10)13-8-5-3-2-4-7(8)9(11)12/h2-9,19H,1H3,(H,16,17,20);2-5H,1H3,(H,11,12). The number of hydrogen-bond donors (Lipinski definition) is 3. The van der Waals surface area contributed by atoms with Crippen LogP contribution < -0.4 is 10.1 Å². The van der Waals surface area contributed by atoms with Gasteiger partial charge in [0.2, 0.25) is 0 Å². The number of hydrogen-bond acceptors (Lipinski definition) is 8. The van der Waals surface area contributed by atoms with Crippen LogP contribution >= 0.6 is 0 Å². The summed E-state index contributed by atoms with van der Waals surface area (Å²) in [6, 6.07) is 16.9. The summed E-state index contributed by atoms with van der Waals surface area (Å²) in [7, 11) is -2.69. The SMILES string of the molecule is CC(=O)Oc1ccccc1C(=O)O.CN1C(C(=O)Nc2ccccn2)=C(O)c2ccccc2S1(=O)=O. The molecule has 0 fully saturated rings. The number of aliphatic hydroxyl groups excluding tert-OH is 1. The fraction of sp³-hybridized carbons (Fsp3) is 0.0833. The second kappa shape index (κ2) is 10.7. The number of para-hydroxylation sites is 1. The molecule has 11 nitrogen and oxygen atoms in total. The van der Waals surface area contributed by atoms with Gasteiger partial charge in [0.15, 0.2) is 11.5 Å². The zero-order valence-electron chi connectivity index (χ0n) is 19.1. The minimum Gasteiger partial charge on any atom is -0.505 e. The van der Waals surface area contributed by atoms with Gasteiger partial charge in [0, 0.05) is 25.7 Å². The third-order valence-corrected chi connectivity index (χ3v) is 6.63. The first-order chi connectivity index (χ1) is 17.0. The van der Waals surface area contributed by atoms with Gasteiger partial charge in [-0.3, -0.25) is 13.9 Å². The Morgan fingerprint density at radius 2 is 1.61 bits per heavy atom. The Balaban J connectivity index is 0.000000236. The number of anilines is 1. The van der Waals surface area contributed by atoms with Crippen molar-refractivity contribution in [1.82, 2.24) is 9.29 Å². The molecule has 12 heteroatoms. The van der Waals surface area contributed by atoms with Gasteiger partial charge in [-0.15, -0.1) is 0 Å². The molecule has 2 heterocycles. The van der Waals surface area contributed by atoms with Crippen LogP contribution in [0.3, 0.4) is 0 Å². The summed E-state index contributed by atoms with van der Waals surface area (Å²) in [5.74, 6) is -2.48. The van der Waals surface area contributed by atoms with Crippen LogP contribution in [0.1, 0.15) is 22.8 Å². The van der Waals surface area contributed by atoms with E-state index in [1.165, 1.54) is 44.4 Å². The van der Waals surface area contributed by atoms with Gasteiger partial charge in [-0.25, -0.2) is 18.2 Å². The van der Waals surface area contributed by atoms with Gasteiger partial charge in [0.1, 0.15) is 17.1 Å². The number of likely N-dealkylation sites (N-methyl/N-ethyl adjacent to an activating group) is 1. The molecule has 0 saturated heterocycles. The molecule has 0 radical (unpaired) electrons. The molecule has 3 aromatic rings. The van der Waals surface area contributed by atoms with Crippen molar-refractivity contribution in [2.45, 2.75) is 11.8 Å². The maximum absolute atomic E-state index is 12.5. The Hall–Kier alpha value is -4.71. The average Bonchev–Trinajstić information content (AvgIpc) is 2.84. The summed E-state index contributed by atoms with van der Waals surface area (Å²) in [4.78, 5) is 37.5. The second-order valence-corrected chi connectivity index (χ2v) is 9.17. The number of rotatable bonds is 4. The summed E-state index contributed by atoms with van der Waals surface area (Å²) < 4.78 is 30.5. The summed E-state index contributed by atoms with van der Waals surface area (Å²) in [5, 5.41) is 21.5. The van der Waals surface area contributed by atoms with Gasteiger partial charge >= 0.3 is 11.9 Å². The number of ether oxygens (including phenoxy) is 1. The molecule has 0 bridgehead atoms. The number of amides is 1. The number of carboxylic acid groups (broad SMARTS) is 1. The maximum Gasteiger partial charge on any atom is 0.339 e. The van der Waals surface area contributed by atoms with Gasteiger partial charge in [-0.05, 0) is 36.4 Å². The normalized spacial score (nSPS) is 13.6. The first-order valence-corrected chi connectivity index (χ1v) is 11.7. The molecule has 1 aliphatic rings. The van der Waals surface area contributed by atoms with Crippen LogP contribution in [0.4, 0.5) is 5.82 Å². The molecule has 1 amide bonds. The molecule has 0 aliphatic carbocycles. The molecule has 1 aromatic heterocycles. The summed E-state index contributed by atoms with van der Waals surface area (Å²) in [5.41, 5.74) is -0.274. The lowest BCUT2D eigenvalue weighted by Crippen LogP contribution is -2.37. The number of sulfonamides is 1. The van der Waals surface area contributed by atoms with E-state index in [4.69, 9.17) is 5.11 Å². The average molecular weight is 512 g/mol. The topological polar surface area (TPSA) is 163 Å². The molecule has 0 spiro atoms. The Morgan fingerprint density at radius 1 is 0.972 bits per heavy atom. The highest BCUT2D eigenvalue weighted by Gasteiger charge is 2.37.